The summed E-state index contributed by atoms with van der Waals surface area (Å²) in [5.41, 5.74) is 2.78. The highest BCUT2D eigenvalue weighted by molar-refractivity contribution is 7.03. The van der Waals surface area contributed by atoms with E-state index in [1.807, 2.05) is 49.4 Å². The topological polar surface area (TPSA) is 84.4 Å². The Bertz CT molecular complexity index is 942. The second-order valence-electron chi connectivity index (χ2n) is 6.15. The minimum absolute atomic E-state index is 0.115. The van der Waals surface area contributed by atoms with Crippen LogP contribution in [0.15, 0.2) is 53.9 Å². The Hall–Kier alpha value is -3.26. The monoisotopic (exact) mass is 396 g/mol. The molecule has 0 fully saturated rings. The fraction of sp³-hybridized carbons (Fsp3) is 0.200. The van der Waals surface area contributed by atoms with Crippen molar-refractivity contribution < 1.29 is 14.3 Å². The Kier molecular flexibility index (Phi) is 6.33. The maximum absolute atomic E-state index is 12.8. The zero-order chi connectivity index (χ0) is 19.9. The Balaban J connectivity index is 1.71. The fourth-order valence-electron chi connectivity index (χ4n) is 2.62. The summed E-state index contributed by atoms with van der Waals surface area (Å²) >= 11 is 1.09. The van der Waals surface area contributed by atoms with E-state index in [2.05, 4.69) is 14.9 Å². The number of rotatable bonds is 7. The number of nitrogens with one attached hydrogen (secondary N) is 1. The van der Waals surface area contributed by atoms with Crippen molar-refractivity contribution in [1.29, 1.82) is 0 Å². The maximum atomic E-state index is 12.8. The lowest BCUT2D eigenvalue weighted by atomic mass is 10.2. The van der Waals surface area contributed by atoms with Gasteiger partial charge < -0.3 is 10.1 Å². The van der Waals surface area contributed by atoms with Crippen LogP contribution in [0.4, 0.5) is 5.69 Å². The van der Waals surface area contributed by atoms with Gasteiger partial charge in [0.2, 0.25) is 5.91 Å². The smallest absolute Gasteiger partial charge is 0.280 e. The van der Waals surface area contributed by atoms with E-state index < -0.39 is 0 Å². The summed E-state index contributed by atoms with van der Waals surface area (Å²) in [5, 5.41) is 8.25. The minimum atomic E-state index is -0.362. The van der Waals surface area contributed by atoms with Crippen molar-refractivity contribution in [3.05, 3.63) is 70.7 Å². The quantitative estimate of drug-likeness (QED) is 0.664. The molecule has 1 heterocycles. The normalized spacial score (nSPS) is 10.4. The van der Waals surface area contributed by atoms with Gasteiger partial charge in [-0.2, -0.15) is 0 Å². The van der Waals surface area contributed by atoms with Crippen LogP contribution >= 0.6 is 11.5 Å². The second-order valence-corrected chi connectivity index (χ2v) is 6.76. The first-order valence-electron chi connectivity index (χ1n) is 8.62. The van der Waals surface area contributed by atoms with E-state index in [1.54, 1.807) is 18.6 Å². The van der Waals surface area contributed by atoms with Crippen molar-refractivity contribution in [2.75, 3.05) is 18.6 Å². The van der Waals surface area contributed by atoms with Crippen molar-refractivity contribution in [2.45, 2.75) is 13.5 Å². The molecule has 0 radical (unpaired) electrons. The Morgan fingerprint density at radius 1 is 1.18 bits per heavy atom. The van der Waals surface area contributed by atoms with Gasteiger partial charge in [0.25, 0.3) is 5.91 Å². The number of aromatic nitrogens is 2. The van der Waals surface area contributed by atoms with Crippen molar-refractivity contribution in [1.82, 2.24) is 14.9 Å². The van der Waals surface area contributed by atoms with Gasteiger partial charge in [0, 0.05) is 17.6 Å². The average Bonchev–Trinajstić information content (AvgIpc) is 3.25. The Labute approximate surface area is 167 Å². The van der Waals surface area contributed by atoms with E-state index in [4.69, 9.17) is 4.74 Å². The van der Waals surface area contributed by atoms with Crippen molar-refractivity contribution in [2.24, 2.45) is 0 Å². The molecule has 0 unspecified atom stereocenters. The van der Waals surface area contributed by atoms with E-state index in [9.17, 15) is 9.59 Å². The molecule has 0 saturated heterocycles. The van der Waals surface area contributed by atoms with E-state index in [-0.39, 0.29) is 24.1 Å². The number of ether oxygens (including phenoxy) is 1. The van der Waals surface area contributed by atoms with E-state index in [0.29, 0.717) is 12.2 Å². The van der Waals surface area contributed by atoms with Gasteiger partial charge >= 0.3 is 0 Å². The molecule has 28 heavy (non-hydrogen) atoms. The van der Waals surface area contributed by atoms with Crippen LogP contribution in [-0.4, -0.2) is 35.1 Å². The molecule has 0 bridgehead atoms. The van der Waals surface area contributed by atoms with Crippen LogP contribution in [0.1, 0.15) is 21.6 Å². The molecule has 8 heteroatoms. The molecule has 1 N–H and O–H groups in total. The molecule has 1 aromatic heterocycles. The van der Waals surface area contributed by atoms with Gasteiger partial charge in [-0.05, 0) is 53.8 Å². The summed E-state index contributed by atoms with van der Waals surface area (Å²) < 4.78 is 8.87. The largest absolute Gasteiger partial charge is 0.497 e. The van der Waals surface area contributed by atoms with Gasteiger partial charge in [0.1, 0.15) is 12.3 Å². The minimum Gasteiger partial charge on any atom is -0.497 e. The molecule has 3 aromatic rings. The molecule has 144 valence electrons. The van der Waals surface area contributed by atoms with E-state index >= 15 is 0 Å². The van der Waals surface area contributed by atoms with Crippen LogP contribution in [0.5, 0.6) is 5.75 Å². The van der Waals surface area contributed by atoms with Crippen molar-refractivity contribution >= 4 is 29.0 Å². The molecule has 3 rings (SSSR count). The second kappa shape index (κ2) is 9.09. The summed E-state index contributed by atoms with van der Waals surface area (Å²) in [6.07, 6.45) is 0. The third-order valence-corrected chi connectivity index (χ3v) is 4.59. The van der Waals surface area contributed by atoms with E-state index in [0.717, 1.165) is 28.4 Å². The Morgan fingerprint density at radius 3 is 2.61 bits per heavy atom. The number of benzene rings is 2. The van der Waals surface area contributed by atoms with Gasteiger partial charge in [-0.1, -0.05) is 28.8 Å². The molecule has 0 aliphatic rings. The summed E-state index contributed by atoms with van der Waals surface area (Å²) in [5.74, 6) is 0.121. The lowest BCUT2D eigenvalue weighted by molar-refractivity contribution is -0.119. The third-order valence-electron chi connectivity index (χ3n) is 4.09. The highest BCUT2D eigenvalue weighted by atomic mass is 32.1. The maximum Gasteiger partial charge on any atom is 0.280 e. The average molecular weight is 396 g/mol. The van der Waals surface area contributed by atoms with Crippen LogP contribution in [0.2, 0.25) is 0 Å². The lowest BCUT2D eigenvalue weighted by Crippen LogP contribution is -2.41. The van der Waals surface area contributed by atoms with Crippen LogP contribution in [-0.2, 0) is 11.3 Å². The summed E-state index contributed by atoms with van der Waals surface area (Å²) in [7, 11) is 1.60. The van der Waals surface area contributed by atoms with Crippen molar-refractivity contribution in [3.8, 4) is 5.75 Å². The van der Waals surface area contributed by atoms with Crippen LogP contribution in [0.25, 0.3) is 0 Å². The zero-order valence-electron chi connectivity index (χ0n) is 15.6. The number of anilines is 1. The molecule has 0 saturated carbocycles. The van der Waals surface area contributed by atoms with Crippen LogP contribution in [0, 0.1) is 6.92 Å². The molecule has 0 aliphatic heterocycles. The van der Waals surface area contributed by atoms with Crippen molar-refractivity contribution in [3.63, 3.8) is 0 Å². The summed E-state index contributed by atoms with van der Waals surface area (Å²) in [6, 6.07) is 14.8. The lowest BCUT2D eigenvalue weighted by Gasteiger charge is -2.22. The number of hydrogen-bond acceptors (Lipinski definition) is 6. The molecule has 0 aliphatic carbocycles. The molecule has 7 nitrogen and oxygen atoms in total. The molecular formula is C20H20N4O3S. The van der Waals surface area contributed by atoms with Crippen LogP contribution < -0.4 is 15.0 Å². The SMILES string of the molecule is COc1ccc(CNC(=O)CN(C(=O)c2csnn2)c2cccc(C)c2)cc1. The third kappa shape index (κ3) is 4.92. The summed E-state index contributed by atoms with van der Waals surface area (Å²) in [4.78, 5) is 26.8. The predicted molar refractivity (Wildman–Crippen MR) is 108 cm³/mol. The van der Waals surface area contributed by atoms with E-state index in [1.165, 1.54) is 4.90 Å². The number of amides is 2. The zero-order valence-corrected chi connectivity index (χ0v) is 16.4. The first-order valence-corrected chi connectivity index (χ1v) is 9.45. The highest BCUT2D eigenvalue weighted by Gasteiger charge is 2.22. The highest BCUT2D eigenvalue weighted by Crippen LogP contribution is 2.18. The number of methoxy groups -OCH3 is 1. The molecule has 0 spiro atoms. The molecular weight excluding hydrogens is 376 g/mol. The number of carbonyl (C=O) groups is 2. The van der Waals surface area contributed by atoms with Gasteiger partial charge in [-0.15, -0.1) is 5.10 Å². The number of nitrogens with zero attached hydrogens (tertiary/aromatic N) is 3. The van der Waals surface area contributed by atoms with Gasteiger partial charge in [0.05, 0.1) is 7.11 Å². The standard InChI is InChI=1S/C20H20N4O3S/c1-14-4-3-5-16(10-14)24(20(26)18-13-28-23-22-18)12-19(25)21-11-15-6-8-17(27-2)9-7-15/h3-10,13H,11-12H2,1-2H3,(H,21,25). The van der Waals surface area contributed by atoms with Gasteiger partial charge in [-0.25, -0.2) is 0 Å². The van der Waals surface area contributed by atoms with Crippen LogP contribution in [0.3, 0.4) is 0 Å². The predicted octanol–water partition coefficient (Wildman–Crippen LogP) is 2.82. The first-order chi connectivity index (χ1) is 13.6. The molecule has 2 amide bonds. The summed E-state index contributed by atoms with van der Waals surface area (Å²) in [6.45, 7) is 2.17. The fourth-order valence-corrected chi connectivity index (χ4v) is 3.05. The molecule has 0 atom stereocenters. The molecule has 2 aromatic carbocycles. The number of hydrogen-bond donors (Lipinski definition) is 1. The Morgan fingerprint density at radius 2 is 1.96 bits per heavy atom. The van der Waals surface area contributed by atoms with Gasteiger partial charge in [-0.3, -0.25) is 14.5 Å². The number of carbonyl (C=O) groups excluding carboxylic acids is 2. The number of aryl methyl sites for hydroxylation is 1. The first kappa shape index (κ1) is 19.5. The van der Waals surface area contributed by atoms with Gasteiger partial charge in [0.15, 0.2) is 5.69 Å².